The summed E-state index contributed by atoms with van der Waals surface area (Å²) >= 11 is 0. The fourth-order valence-electron chi connectivity index (χ4n) is 2.66. The van der Waals surface area contributed by atoms with Gasteiger partial charge in [0.25, 0.3) is 0 Å². The van der Waals surface area contributed by atoms with E-state index in [-0.39, 0.29) is 6.10 Å². The van der Waals surface area contributed by atoms with Gasteiger partial charge in [0.1, 0.15) is 0 Å². The SMILES string of the molecule is CC(NCC1CCC(O)CC1)c1ccc(C#N)cc1. The molecule has 0 bridgehead atoms. The third-order valence-corrected chi connectivity index (χ3v) is 4.07. The molecule has 0 heterocycles. The lowest BCUT2D eigenvalue weighted by atomic mass is 9.87. The molecular formula is C16H22N2O. The van der Waals surface area contributed by atoms with Gasteiger partial charge in [0.2, 0.25) is 0 Å². The molecule has 1 aromatic carbocycles. The Morgan fingerprint density at radius 1 is 1.26 bits per heavy atom. The van der Waals surface area contributed by atoms with Gasteiger partial charge in [-0.1, -0.05) is 12.1 Å². The molecule has 1 unspecified atom stereocenters. The maximum Gasteiger partial charge on any atom is 0.0991 e. The summed E-state index contributed by atoms with van der Waals surface area (Å²) in [6.45, 7) is 3.16. The van der Waals surface area contributed by atoms with Crippen molar-refractivity contribution in [3.8, 4) is 6.07 Å². The average Bonchev–Trinajstić information content (AvgIpc) is 2.46. The predicted molar refractivity (Wildman–Crippen MR) is 75.5 cm³/mol. The largest absolute Gasteiger partial charge is 0.393 e. The second-order valence-corrected chi connectivity index (χ2v) is 5.54. The lowest BCUT2D eigenvalue weighted by Gasteiger charge is -2.27. The number of nitrogens with zero attached hydrogens (tertiary/aromatic N) is 1. The molecule has 3 nitrogen and oxygen atoms in total. The van der Waals surface area contributed by atoms with E-state index >= 15 is 0 Å². The summed E-state index contributed by atoms with van der Waals surface area (Å²) < 4.78 is 0. The van der Waals surface area contributed by atoms with Crippen LogP contribution in [0, 0.1) is 17.2 Å². The summed E-state index contributed by atoms with van der Waals surface area (Å²) in [6.07, 6.45) is 4.05. The molecule has 1 aliphatic rings. The van der Waals surface area contributed by atoms with Crippen molar-refractivity contribution < 1.29 is 5.11 Å². The molecule has 1 fully saturated rings. The maximum absolute atomic E-state index is 9.48. The van der Waals surface area contributed by atoms with E-state index in [1.54, 1.807) is 0 Å². The van der Waals surface area contributed by atoms with E-state index in [9.17, 15) is 5.11 Å². The second-order valence-electron chi connectivity index (χ2n) is 5.54. The molecular weight excluding hydrogens is 236 g/mol. The van der Waals surface area contributed by atoms with Crippen LogP contribution in [0.3, 0.4) is 0 Å². The third kappa shape index (κ3) is 4.05. The van der Waals surface area contributed by atoms with E-state index in [2.05, 4.69) is 18.3 Å². The van der Waals surface area contributed by atoms with Crippen LogP contribution in [0.4, 0.5) is 0 Å². The molecule has 1 aromatic rings. The molecule has 0 saturated heterocycles. The molecule has 0 radical (unpaired) electrons. The Morgan fingerprint density at radius 3 is 2.47 bits per heavy atom. The Labute approximate surface area is 115 Å². The Hall–Kier alpha value is -1.37. The van der Waals surface area contributed by atoms with Gasteiger partial charge in [-0.05, 0) is 62.8 Å². The zero-order valence-corrected chi connectivity index (χ0v) is 11.5. The second kappa shape index (κ2) is 6.70. The van der Waals surface area contributed by atoms with E-state index in [1.807, 2.05) is 24.3 Å². The molecule has 2 N–H and O–H groups in total. The van der Waals surface area contributed by atoms with Crippen LogP contribution in [-0.4, -0.2) is 17.8 Å². The smallest absolute Gasteiger partial charge is 0.0991 e. The van der Waals surface area contributed by atoms with E-state index < -0.39 is 0 Å². The van der Waals surface area contributed by atoms with E-state index in [4.69, 9.17) is 5.26 Å². The monoisotopic (exact) mass is 258 g/mol. The Kier molecular flexibility index (Phi) is 4.95. The van der Waals surface area contributed by atoms with Crippen LogP contribution in [0.2, 0.25) is 0 Å². The Balaban J connectivity index is 1.80. The number of benzene rings is 1. The van der Waals surface area contributed by atoms with E-state index in [0.29, 0.717) is 17.5 Å². The molecule has 0 spiro atoms. The fourth-order valence-corrected chi connectivity index (χ4v) is 2.66. The van der Waals surface area contributed by atoms with Crippen molar-refractivity contribution in [1.29, 1.82) is 5.26 Å². The highest BCUT2D eigenvalue weighted by molar-refractivity contribution is 5.32. The minimum atomic E-state index is -0.0767. The van der Waals surface area contributed by atoms with Crippen molar-refractivity contribution in [3.05, 3.63) is 35.4 Å². The van der Waals surface area contributed by atoms with Crippen molar-refractivity contribution in [2.45, 2.75) is 44.8 Å². The van der Waals surface area contributed by atoms with Crippen molar-refractivity contribution in [1.82, 2.24) is 5.32 Å². The van der Waals surface area contributed by atoms with Crippen LogP contribution in [0.5, 0.6) is 0 Å². The van der Waals surface area contributed by atoms with Crippen molar-refractivity contribution in [2.75, 3.05) is 6.54 Å². The highest BCUT2D eigenvalue weighted by atomic mass is 16.3. The highest BCUT2D eigenvalue weighted by Crippen LogP contribution is 2.24. The predicted octanol–water partition coefficient (Wildman–Crippen LogP) is 2.76. The zero-order chi connectivity index (χ0) is 13.7. The number of hydrogen-bond acceptors (Lipinski definition) is 3. The van der Waals surface area contributed by atoms with Gasteiger partial charge in [-0.3, -0.25) is 0 Å². The number of aliphatic hydroxyl groups is 1. The van der Waals surface area contributed by atoms with Crippen LogP contribution < -0.4 is 5.32 Å². The van der Waals surface area contributed by atoms with E-state index in [0.717, 1.165) is 32.2 Å². The third-order valence-electron chi connectivity index (χ3n) is 4.07. The molecule has 0 amide bonds. The van der Waals surface area contributed by atoms with Crippen molar-refractivity contribution in [2.24, 2.45) is 5.92 Å². The number of nitriles is 1. The molecule has 1 saturated carbocycles. The molecule has 3 heteroatoms. The summed E-state index contributed by atoms with van der Waals surface area (Å²) in [6, 6.07) is 10.2. The minimum Gasteiger partial charge on any atom is -0.393 e. The summed E-state index contributed by atoms with van der Waals surface area (Å²) in [5, 5.41) is 21.8. The first-order chi connectivity index (χ1) is 9.19. The van der Waals surface area contributed by atoms with Gasteiger partial charge in [0.05, 0.1) is 17.7 Å². The minimum absolute atomic E-state index is 0.0767. The lowest BCUT2D eigenvalue weighted by Crippen LogP contribution is -2.29. The van der Waals surface area contributed by atoms with Gasteiger partial charge in [-0.25, -0.2) is 0 Å². The quantitative estimate of drug-likeness (QED) is 0.873. The molecule has 0 aromatic heterocycles. The van der Waals surface area contributed by atoms with Gasteiger partial charge in [0.15, 0.2) is 0 Å². The molecule has 19 heavy (non-hydrogen) atoms. The zero-order valence-electron chi connectivity index (χ0n) is 11.5. The van der Waals surface area contributed by atoms with Gasteiger partial charge < -0.3 is 10.4 Å². The molecule has 0 aliphatic heterocycles. The lowest BCUT2D eigenvalue weighted by molar-refractivity contribution is 0.108. The van der Waals surface area contributed by atoms with Crippen LogP contribution in [-0.2, 0) is 0 Å². The molecule has 1 atom stereocenters. The number of hydrogen-bond donors (Lipinski definition) is 2. The Bertz CT molecular complexity index is 427. The summed E-state index contributed by atoms with van der Waals surface area (Å²) in [5.41, 5.74) is 1.92. The topological polar surface area (TPSA) is 56.0 Å². The fraction of sp³-hybridized carbons (Fsp3) is 0.562. The number of aliphatic hydroxyl groups excluding tert-OH is 1. The molecule has 2 rings (SSSR count). The van der Waals surface area contributed by atoms with Crippen LogP contribution >= 0.6 is 0 Å². The standard InChI is InChI=1S/C16H22N2O/c1-12(15-6-2-13(10-17)3-7-15)18-11-14-4-8-16(19)9-5-14/h2-3,6-7,12,14,16,18-19H,4-5,8-9,11H2,1H3. The molecule has 1 aliphatic carbocycles. The Morgan fingerprint density at radius 2 is 1.89 bits per heavy atom. The maximum atomic E-state index is 9.48. The molecule has 102 valence electrons. The summed E-state index contributed by atoms with van der Waals surface area (Å²) in [4.78, 5) is 0. The highest BCUT2D eigenvalue weighted by Gasteiger charge is 2.19. The first-order valence-corrected chi connectivity index (χ1v) is 7.10. The van der Waals surface area contributed by atoms with Crippen LogP contribution in [0.15, 0.2) is 24.3 Å². The van der Waals surface area contributed by atoms with Crippen LogP contribution in [0.1, 0.15) is 49.8 Å². The average molecular weight is 258 g/mol. The first kappa shape index (κ1) is 14.0. The van der Waals surface area contributed by atoms with Crippen molar-refractivity contribution in [3.63, 3.8) is 0 Å². The van der Waals surface area contributed by atoms with Gasteiger partial charge in [-0.2, -0.15) is 5.26 Å². The number of nitrogens with one attached hydrogen (secondary N) is 1. The number of rotatable bonds is 4. The normalized spacial score (nSPS) is 24.7. The van der Waals surface area contributed by atoms with Gasteiger partial charge in [-0.15, -0.1) is 0 Å². The van der Waals surface area contributed by atoms with E-state index in [1.165, 1.54) is 5.56 Å². The summed E-state index contributed by atoms with van der Waals surface area (Å²) in [5.74, 6) is 0.684. The van der Waals surface area contributed by atoms with Crippen molar-refractivity contribution >= 4 is 0 Å². The first-order valence-electron chi connectivity index (χ1n) is 7.10. The summed E-state index contributed by atoms with van der Waals surface area (Å²) in [7, 11) is 0. The van der Waals surface area contributed by atoms with Gasteiger partial charge in [0, 0.05) is 6.04 Å². The van der Waals surface area contributed by atoms with Crippen LogP contribution in [0.25, 0.3) is 0 Å². The van der Waals surface area contributed by atoms with Gasteiger partial charge >= 0.3 is 0 Å².